The molecule has 3 nitrogen and oxygen atoms in total. The molecule has 0 amide bonds. The molecule has 1 aromatic heterocycles. The number of hydrogen-bond acceptors (Lipinski definition) is 3. The fourth-order valence-corrected chi connectivity index (χ4v) is 1.64. The molecule has 2 aromatic rings. The van der Waals surface area contributed by atoms with E-state index in [1.54, 1.807) is 0 Å². The molecule has 0 radical (unpaired) electrons. The molecule has 0 aliphatic rings. The second-order valence-corrected chi connectivity index (χ2v) is 4.36. The smallest absolute Gasteiger partial charge is 0.221 e. The summed E-state index contributed by atoms with van der Waals surface area (Å²) in [5.41, 5.74) is 0. The molecule has 0 fully saturated rings. The van der Waals surface area contributed by atoms with Gasteiger partial charge in [-0.05, 0) is 37.3 Å². The molecule has 1 N–H and O–H groups in total. The van der Waals surface area contributed by atoms with E-state index in [1.165, 1.54) is 0 Å². The lowest BCUT2D eigenvalue weighted by Gasteiger charge is -2.07. The van der Waals surface area contributed by atoms with Gasteiger partial charge in [0.1, 0.15) is 11.6 Å². The van der Waals surface area contributed by atoms with Crippen molar-refractivity contribution in [1.82, 2.24) is 4.98 Å². The third-order valence-corrected chi connectivity index (χ3v) is 2.65. The van der Waals surface area contributed by atoms with Crippen LogP contribution in [0, 0.1) is 0 Å². The zero-order valence-corrected chi connectivity index (χ0v) is 11.1. The van der Waals surface area contributed by atoms with E-state index in [0.29, 0.717) is 5.88 Å². The van der Waals surface area contributed by atoms with Crippen LogP contribution in [-0.2, 0) is 0 Å². The maximum atomic E-state index is 5.65. The van der Waals surface area contributed by atoms with Crippen molar-refractivity contribution in [1.29, 1.82) is 0 Å². The Hall–Kier alpha value is -1.55. The Morgan fingerprint density at radius 2 is 1.94 bits per heavy atom. The number of pyridine rings is 1. The molecule has 2 rings (SSSR count). The van der Waals surface area contributed by atoms with Gasteiger partial charge in [0.05, 0.1) is 0 Å². The van der Waals surface area contributed by atoms with E-state index in [1.807, 2.05) is 49.4 Å². The van der Waals surface area contributed by atoms with Crippen LogP contribution in [0.4, 0.5) is 5.82 Å². The van der Waals surface area contributed by atoms with E-state index in [9.17, 15) is 0 Å². The number of nitrogens with zero attached hydrogens (tertiary/aromatic N) is 1. The summed E-state index contributed by atoms with van der Waals surface area (Å²) >= 11 is 3.38. The number of benzene rings is 1. The summed E-state index contributed by atoms with van der Waals surface area (Å²) in [6.45, 7) is 2.87. The van der Waals surface area contributed by atoms with Crippen LogP contribution in [-0.4, -0.2) is 11.5 Å². The number of aromatic nitrogens is 1. The van der Waals surface area contributed by atoms with E-state index < -0.39 is 0 Å². The standard InChI is InChI=1S/C13H13BrN2O/c1-2-15-12-4-3-5-13(16-12)17-11-8-6-10(14)7-9-11/h3-9H,2H2,1H3,(H,15,16). The van der Waals surface area contributed by atoms with Gasteiger partial charge in [0.15, 0.2) is 0 Å². The quantitative estimate of drug-likeness (QED) is 0.922. The predicted molar refractivity (Wildman–Crippen MR) is 72.6 cm³/mol. The molecule has 0 saturated heterocycles. The zero-order chi connectivity index (χ0) is 12.1. The van der Waals surface area contributed by atoms with Crippen LogP contribution in [0.2, 0.25) is 0 Å². The SMILES string of the molecule is CCNc1cccc(Oc2ccc(Br)cc2)n1. The summed E-state index contributed by atoms with van der Waals surface area (Å²) in [6, 6.07) is 13.3. The number of nitrogens with one attached hydrogen (secondary N) is 1. The van der Waals surface area contributed by atoms with Crippen LogP contribution in [0.15, 0.2) is 46.9 Å². The minimum absolute atomic E-state index is 0.589. The highest BCUT2D eigenvalue weighted by atomic mass is 79.9. The third-order valence-electron chi connectivity index (χ3n) is 2.12. The van der Waals surface area contributed by atoms with Gasteiger partial charge in [0.25, 0.3) is 0 Å². The van der Waals surface area contributed by atoms with Crippen molar-refractivity contribution >= 4 is 21.7 Å². The molecular weight excluding hydrogens is 280 g/mol. The lowest BCUT2D eigenvalue weighted by atomic mass is 10.3. The molecule has 4 heteroatoms. The Balaban J connectivity index is 2.12. The van der Waals surface area contributed by atoms with E-state index in [-0.39, 0.29) is 0 Å². The molecule has 0 bridgehead atoms. The fraction of sp³-hybridized carbons (Fsp3) is 0.154. The zero-order valence-electron chi connectivity index (χ0n) is 9.48. The number of halogens is 1. The Bertz CT molecular complexity index is 485. The lowest BCUT2D eigenvalue weighted by Crippen LogP contribution is -1.99. The molecule has 0 atom stereocenters. The van der Waals surface area contributed by atoms with Crippen molar-refractivity contribution in [3.8, 4) is 11.6 Å². The van der Waals surface area contributed by atoms with Gasteiger partial charge in [0.2, 0.25) is 5.88 Å². The molecule has 0 aliphatic carbocycles. The molecule has 0 spiro atoms. The highest BCUT2D eigenvalue weighted by Crippen LogP contribution is 2.22. The number of anilines is 1. The monoisotopic (exact) mass is 292 g/mol. The van der Waals surface area contributed by atoms with Crippen LogP contribution >= 0.6 is 15.9 Å². The summed E-state index contributed by atoms with van der Waals surface area (Å²) in [5, 5.41) is 3.14. The first-order chi connectivity index (χ1) is 8.28. The van der Waals surface area contributed by atoms with Crippen molar-refractivity contribution in [2.45, 2.75) is 6.92 Å². The Kier molecular flexibility index (Phi) is 3.98. The van der Waals surface area contributed by atoms with Crippen LogP contribution in [0.3, 0.4) is 0 Å². The second kappa shape index (κ2) is 5.68. The number of ether oxygens (including phenoxy) is 1. The summed E-state index contributed by atoms with van der Waals surface area (Å²) in [4.78, 5) is 4.34. The highest BCUT2D eigenvalue weighted by molar-refractivity contribution is 9.10. The molecule has 88 valence electrons. The van der Waals surface area contributed by atoms with Crippen LogP contribution < -0.4 is 10.1 Å². The molecular formula is C13H13BrN2O. The first-order valence-electron chi connectivity index (χ1n) is 5.42. The average Bonchev–Trinajstić information content (AvgIpc) is 2.33. The van der Waals surface area contributed by atoms with Crippen molar-refractivity contribution in [2.24, 2.45) is 0 Å². The van der Waals surface area contributed by atoms with Gasteiger partial charge in [-0.1, -0.05) is 22.0 Å². The summed E-state index contributed by atoms with van der Waals surface area (Å²) in [6.07, 6.45) is 0. The van der Waals surface area contributed by atoms with E-state index >= 15 is 0 Å². The summed E-state index contributed by atoms with van der Waals surface area (Å²) in [7, 11) is 0. The van der Waals surface area contributed by atoms with Gasteiger partial charge in [-0.15, -0.1) is 0 Å². The number of hydrogen-bond donors (Lipinski definition) is 1. The summed E-state index contributed by atoms with van der Waals surface area (Å²) < 4.78 is 6.68. The Labute approximate surface area is 109 Å². The largest absolute Gasteiger partial charge is 0.439 e. The van der Waals surface area contributed by atoms with Crippen LogP contribution in [0.5, 0.6) is 11.6 Å². The lowest BCUT2D eigenvalue weighted by molar-refractivity contribution is 0.463. The molecule has 0 unspecified atom stereocenters. The molecule has 1 heterocycles. The first kappa shape index (κ1) is 11.9. The highest BCUT2D eigenvalue weighted by Gasteiger charge is 1.99. The maximum Gasteiger partial charge on any atom is 0.221 e. The Morgan fingerprint density at radius 1 is 1.18 bits per heavy atom. The Morgan fingerprint density at radius 3 is 2.65 bits per heavy atom. The van der Waals surface area contributed by atoms with Crippen LogP contribution in [0.25, 0.3) is 0 Å². The fourth-order valence-electron chi connectivity index (χ4n) is 1.37. The van der Waals surface area contributed by atoms with E-state index in [2.05, 4.69) is 26.2 Å². The maximum absolute atomic E-state index is 5.65. The molecule has 1 aromatic carbocycles. The van der Waals surface area contributed by atoms with Crippen molar-refractivity contribution in [3.63, 3.8) is 0 Å². The van der Waals surface area contributed by atoms with Crippen LogP contribution in [0.1, 0.15) is 6.92 Å². The van der Waals surface area contributed by atoms with Crippen molar-refractivity contribution in [2.75, 3.05) is 11.9 Å². The van der Waals surface area contributed by atoms with E-state index in [0.717, 1.165) is 22.6 Å². The minimum Gasteiger partial charge on any atom is -0.439 e. The molecule has 17 heavy (non-hydrogen) atoms. The van der Waals surface area contributed by atoms with Gasteiger partial charge in [-0.2, -0.15) is 4.98 Å². The first-order valence-corrected chi connectivity index (χ1v) is 6.21. The topological polar surface area (TPSA) is 34.1 Å². The van der Waals surface area contributed by atoms with Gasteiger partial charge < -0.3 is 10.1 Å². The second-order valence-electron chi connectivity index (χ2n) is 3.45. The van der Waals surface area contributed by atoms with E-state index in [4.69, 9.17) is 4.74 Å². The van der Waals surface area contributed by atoms with Gasteiger partial charge in [0, 0.05) is 17.1 Å². The predicted octanol–water partition coefficient (Wildman–Crippen LogP) is 4.07. The molecule has 0 saturated carbocycles. The van der Waals surface area contributed by atoms with Crippen molar-refractivity contribution < 1.29 is 4.74 Å². The molecule has 0 aliphatic heterocycles. The normalized spacial score (nSPS) is 10.0. The summed E-state index contributed by atoms with van der Waals surface area (Å²) in [5.74, 6) is 2.18. The van der Waals surface area contributed by atoms with Gasteiger partial charge in [-0.3, -0.25) is 0 Å². The third kappa shape index (κ3) is 3.46. The minimum atomic E-state index is 0.589. The average molecular weight is 293 g/mol. The van der Waals surface area contributed by atoms with Gasteiger partial charge in [-0.25, -0.2) is 0 Å². The number of rotatable bonds is 4. The van der Waals surface area contributed by atoms with Crippen molar-refractivity contribution in [3.05, 3.63) is 46.9 Å². The van der Waals surface area contributed by atoms with Gasteiger partial charge >= 0.3 is 0 Å².